The van der Waals surface area contributed by atoms with Crippen LogP contribution >= 0.6 is 11.8 Å². The first-order valence-corrected chi connectivity index (χ1v) is 7.38. The fourth-order valence-corrected chi connectivity index (χ4v) is 2.78. The van der Waals surface area contributed by atoms with E-state index in [1.807, 2.05) is 26.2 Å². The molecule has 0 amide bonds. The summed E-state index contributed by atoms with van der Waals surface area (Å²) in [5.74, 6) is 0. The first-order valence-electron chi connectivity index (χ1n) is 6.50. The normalized spacial score (nSPS) is 11.7. The summed E-state index contributed by atoms with van der Waals surface area (Å²) in [6, 6.07) is 18.8. The monoisotopic (exact) mass is 282 g/mol. The van der Waals surface area contributed by atoms with Gasteiger partial charge in [-0.3, -0.25) is 0 Å². The Balaban J connectivity index is 2.14. The molecule has 0 aromatic heterocycles. The highest BCUT2D eigenvalue weighted by Gasteiger charge is 2.12. The maximum absolute atomic E-state index is 9.37. The summed E-state index contributed by atoms with van der Waals surface area (Å²) in [5.41, 5.74) is 3.43. The van der Waals surface area contributed by atoms with E-state index in [1.165, 1.54) is 5.56 Å². The second kappa shape index (κ2) is 6.49. The summed E-state index contributed by atoms with van der Waals surface area (Å²) in [7, 11) is 4.04. The van der Waals surface area contributed by atoms with Crippen molar-refractivity contribution in [2.45, 2.75) is 17.1 Å². The van der Waals surface area contributed by atoms with Crippen molar-refractivity contribution >= 4 is 17.4 Å². The molecule has 0 aliphatic heterocycles. The van der Waals surface area contributed by atoms with Gasteiger partial charge in [-0.2, -0.15) is 5.26 Å². The highest BCUT2D eigenvalue weighted by molar-refractivity contribution is 7.99. The van der Waals surface area contributed by atoms with E-state index >= 15 is 0 Å². The molecular formula is C17H18N2S. The highest BCUT2D eigenvalue weighted by Crippen LogP contribution is 2.35. The number of nitrogens with zero attached hydrogens (tertiary/aromatic N) is 2. The molecule has 3 heteroatoms. The van der Waals surface area contributed by atoms with Crippen molar-refractivity contribution in [2.24, 2.45) is 0 Å². The van der Waals surface area contributed by atoms with E-state index in [1.54, 1.807) is 11.8 Å². The third-order valence-electron chi connectivity index (χ3n) is 3.10. The molecule has 0 fully saturated rings. The van der Waals surface area contributed by atoms with Crippen LogP contribution in [0.2, 0.25) is 0 Å². The van der Waals surface area contributed by atoms with Crippen LogP contribution < -0.4 is 4.90 Å². The third kappa shape index (κ3) is 3.55. The molecule has 0 saturated carbocycles. The summed E-state index contributed by atoms with van der Waals surface area (Å²) >= 11 is 1.59. The van der Waals surface area contributed by atoms with E-state index in [9.17, 15) is 5.26 Å². The van der Waals surface area contributed by atoms with Crippen molar-refractivity contribution in [3.63, 3.8) is 0 Å². The third-order valence-corrected chi connectivity index (χ3v) is 4.26. The minimum atomic E-state index is -0.166. The van der Waals surface area contributed by atoms with Crippen LogP contribution in [0, 0.1) is 18.3 Å². The quantitative estimate of drug-likeness (QED) is 0.777. The van der Waals surface area contributed by atoms with Gasteiger partial charge in [-0.05, 0) is 36.8 Å². The Labute approximate surface area is 125 Å². The molecule has 0 aliphatic carbocycles. The molecule has 0 spiro atoms. The largest absolute Gasteiger partial charge is 0.378 e. The molecule has 1 atom stereocenters. The van der Waals surface area contributed by atoms with E-state index in [4.69, 9.17) is 0 Å². The molecule has 2 rings (SSSR count). The topological polar surface area (TPSA) is 27.0 Å². The number of thioether (sulfide) groups is 1. The van der Waals surface area contributed by atoms with Crippen LogP contribution in [0.5, 0.6) is 0 Å². The second-order valence-electron chi connectivity index (χ2n) is 4.93. The van der Waals surface area contributed by atoms with Gasteiger partial charge in [0.25, 0.3) is 0 Å². The predicted octanol–water partition coefficient (Wildman–Crippen LogP) is 4.42. The zero-order chi connectivity index (χ0) is 14.5. The van der Waals surface area contributed by atoms with Gasteiger partial charge in [0.15, 0.2) is 0 Å². The number of anilines is 1. The molecule has 0 N–H and O–H groups in total. The predicted molar refractivity (Wildman–Crippen MR) is 86.2 cm³/mol. The average molecular weight is 282 g/mol. The van der Waals surface area contributed by atoms with Gasteiger partial charge in [0.1, 0.15) is 5.25 Å². The number of benzene rings is 2. The van der Waals surface area contributed by atoms with Crippen molar-refractivity contribution in [1.82, 2.24) is 0 Å². The highest BCUT2D eigenvalue weighted by atomic mass is 32.2. The molecule has 1 unspecified atom stereocenters. The molecule has 0 radical (unpaired) electrons. The molecule has 0 saturated heterocycles. The lowest BCUT2D eigenvalue weighted by atomic mass is 10.1. The Kier molecular flexibility index (Phi) is 4.70. The van der Waals surface area contributed by atoms with Gasteiger partial charge in [-0.25, -0.2) is 0 Å². The van der Waals surface area contributed by atoms with Gasteiger partial charge in [-0.1, -0.05) is 29.8 Å². The number of hydrogen-bond acceptors (Lipinski definition) is 3. The lowest BCUT2D eigenvalue weighted by Gasteiger charge is -2.14. The van der Waals surface area contributed by atoms with Crippen LogP contribution in [0.25, 0.3) is 0 Å². The summed E-state index contributed by atoms with van der Waals surface area (Å²) in [6.07, 6.45) is 0. The molecule has 0 aliphatic rings. The number of rotatable bonds is 4. The molecule has 20 heavy (non-hydrogen) atoms. The maximum atomic E-state index is 9.37. The van der Waals surface area contributed by atoms with E-state index in [2.05, 4.69) is 54.3 Å². The molecule has 0 bridgehead atoms. The van der Waals surface area contributed by atoms with Crippen LogP contribution in [0.4, 0.5) is 5.69 Å². The average Bonchev–Trinajstić information content (AvgIpc) is 2.46. The van der Waals surface area contributed by atoms with Gasteiger partial charge >= 0.3 is 0 Å². The molecule has 2 aromatic carbocycles. The van der Waals surface area contributed by atoms with Gasteiger partial charge in [0, 0.05) is 24.7 Å². The molecule has 2 aromatic rings. The fourth-order valence-electron chi connectivity index (χ4n) is 1.87. The van der Waals surface area contributed by atoms with Gasteiger partial charge < -0.3 is 4.90 Å². The first kappa shape index (κ1) is 14.5. The van der Waals surface area contributed by atoms with Crippen LogP contribution in [-0.4, -0.2) is 14.1 Å². The Hall–Kier alpha value is -1.92. The Morgan fingerprint density at radius 2 is 1.60 bits per heavy atom. The van der Waals surface area contributed by atoms with E-state index in [-0.39, 0.29) is 5.25 Å². The SMILES string of the molecule is Cc1ccc(C(C#N)Sc2ccc(N(C)C)cc2)cc1. The van der Waals surface area contributed by atoms with Crippen molar-refractivity contribution < 1.29 is 0 Å². The number of nitriles is 1. The Morgan fingerprint density at radius 3 is 2.10 bits per heavy atom. The lowest BCUT2D eigenvalue weighted by Crippen LogP contribution is -2.07. The maximum Gasteiger partial charge on any atom is 0.121 e. The van der Waals surface area contributed by atoms with Crippen LogP contribution in [0.3, 0.4) is 0 Å². The zero-order valence-electron chi connectivity index (χ0n) is 12.0. The van der Waals surface area contributed by atoms with Gasteiger partial charge in [-0.15, -0.1) is 11.8 Å². The zero-order valence-corrected chi connectivity index (χ0v) is 12.8. The summed E-state index contributed by atoms with van der Waals surface area (Å²) in [5, 5.41) is 9.21. The van der Waals surface area contributed by atoms with Crippen LogP contribution in [0.1, 0.15) is 16.4 Å². The summed E-state index contributed by atoms with van der Waals surface area (Å²) in [4.78, 5) is 3.18. The minimum absolute atomic E-state index is 0.166. The summed E-state index contributed by atoms with van der Waals surface area (Å²) in [6.45, 7) is 2.05. The standard InChI is InChI=1S/C17H18N2S/c1-13-4-6-14(7-5-13)17(12-18)20-16-10-8-15(9-11-16)19(2)3/h4-11,17H,1-3H3. The second-order valence-corrected chi connectivity index (χ2v) is 6.10. The van der Waals surface area contributed by atoms with Crippen LogP contribution in [-0.2, 0) is 0 Å². The lowest BCUT2D eigenvalue weighted by molar-refractivity contribution is 1.13. The van der Waals surface area contributed by atoms with E-state index in [0.29, 0.717) is 0 Å². The molecular weight excluding hydrogens is 264 g/mol. The molecule has 102 valence electrons. The van der Waals surface area contributed by atoms with E-state index < -0.39 is 0 Å². The number of hydrogen-bond donors (Lipinski definition) is 0. The Bertz CT molecular complexity index is 594. The van der Waals surface area contributed by atoms with Crippen LogP contribution in [0.15, 0.2) is 53.4 Å². The van der Waals surface area contributed by atoms with E-state index in [0.717, 1.165) is 16.1 Å². The van der Waals surface area contributed by atoms with Crippen molar-refractivity contribution in [1.29, 1.82) is 5.26 Å². The number of aryl methyl sites for hydroxylation is 1. The smallest absolute Gasteiger partial charge is 0.121 e. The molecule has 0 heterocycles. The Morgan fingerprint density at radius 1 is 1.00 bits per heavy atom. The molecule has 2 nitrogen and oxygen atoms in total. The minimum Gasteiger partial charge on any atom is -0.378 e. The first-order chi connectivity index (χ1) is 9.60. The van der Waals surface area contributed by atoms with Crippen molar-refractivity contribution in [3.8, 4) is 6.07 Å². The fraction of sp³-hybridized carbons (Fsp3) is 0.235. The van der Waals surface area contributed by atoms with Gasteiger partial charge in [0.05, 0.1) is 6.07 Å². The van der Waals surface area contributed by atoms with Gasteiger partial charge in [0.2, 0.25) is 0 Å². The van der Waals surface area contributed by atoms with Crippen molar-refractivity contribution in [3.05, 3.63) is 59.7 Å². The van der Waals surface area contributed by atoms with Crippen molar-refractivity contribution in [2.75, 3.05) is 19.0 Å². The summed E-state index contributed by atoms with van der Waals surface area (Å²) < 4.78 is 0.